The predicted molar refractivity (Wildman–Crippen MR) is 46.6 cm³/mol. The van der Waals surface area contributed by atoms with Crippen LogP contribution < -0.4 is 4.65 Å². The summed E-state index contributed by atoms with van der Waals surface area (Å²) in [4.78, 5) is 0. The van der Waals surface area contributed by atoms with Crippen LogP contribution in [0.15, 0.2) is 18.3 Å². The van der Waals surface area contributed by atoms with Crippen molar-refractivity contribution in [2.24, 2.45) is 0 Å². The van der Waals surface area contributed by atoms with Crippen LogP contribution in [0.1, 0.15) is 5.82 Å². The molecule has 2 heterocycles. The van der Waals surface area contributed by atoms with Crippen molar-refractivity contribution < 1.29 is 22.8 Å². The van der Waals surface area contributed by atoms with E-state index < -0.39 is 12.0 Å². The second-order valence-corrected chi connectivity index (χ2v) is 2.84. The number of hydrogen-bond donors (Lipinski definition) is 1. The van der Waals surface area contributed by atoms with Gasteiger partial charge in [0.2, 0.25) is 5.82 Å². The molecule has 0 aliphatic carbocycles. The van der Waals surface area contributed by atoms with Gasteiger partial charge in [-0.05, 0) is 12.1 Å². The molecule has 0 unspecified atom stereocenters. The SMILES string of the molecule is O[B]Oc1ccc2nnc(C(F)(F)F)n2c1. The highest BCUT2D eigenvalue weighted by atomic mass is 19.4. The van der Waals surface area contributed by atoms with Crippen LogP contribution in [0, 0.1) is 0 Å². The van der Waals surface area contributed by atoms with Gasteiger partial charge in [-0.25, -0.2) is 0 Å². The molecule has 5 nitrogen and oxygen atoms in total. The van der Waals surface area contributed by atoms with E-state index in [1.165, 1.54) is 12.1 Å². The molecule has 83 valence electrons. The van der Waals surface area contributed by atoms with Crippen molar-refractivity contribution in [1.29, 1.82) is 0 Å². The molecule has 1 radical (unpaired) electrons. The number of pyridine rings is 1. The third kappa shape index (κ3) is 1.81. The molecule has 1 N–H and O–H groups in total. The fraction of sp³-hybridized carbons (Fsp3) is 0.143. The molecular formula is C7H4BF3N3O2. The van der Waals surface area contributed by atoms with Gasteiger partial charge in [-0.1, -0.05) is 0 Å². The fourth-order valence-corrected chi connectivity index (χ4v) is 1.20. The predicted octanol–water partition coefficient (Wildman–Crippen LogP) is 0.653. The first-order valence-electron chi connectivity index (χ1n) is 4.07. The Bertz CT molecular complexity index is 513. The van der Waals surface area contributed by atoms with E-state index >= 15 is 0 Å². The first-order chi connectivity index (χ1) is 7.52. The minimum absolute atomic E-state index is 0.0395. The molecule has 16 heavy (non-hydrogen) atoms. The molecule has 2 aromatic rings. The van der Waals surface area contributed by atoms with Crippen LogP contribution in [0.2, 0.25) is 0 Å². The Hall–Kier alpha value is -1.77. The van der Waals surface area contributed by atoms with E-state index in [4.69, 9.17) is 5.02 Å². The van der Waals surface area contributed by atoms with Gasteiger partial charge in [-0.2, -0.15) is 13.2 Å². The van der Waals surface area contributed by atoms with E-state index in [2.05, 4.69) is 14.9 Å². The number of alkyl halides is 3. The van der Waals surface area contributed by atoms with Gasteiger partial charge in [0, 0.05) is 0 Å². The molecule has 2 rings (SSSR count). The quantitative estimate of drug-likeness (QED) is 0.769. The largest absolute Gasteiger partial charge is 0.569 e. The highest BCUT2D eigenvalue weighted by Gasteiger charge is 2.36. The van der Waals surface area contributed by atoms with Crippen molar-refractivity contribution >= 4 is 13.3 Å². The van der Waals surface area contributed by atoms with Crippen molar-refractivity contribution in [2.45, 2.75) is 6.18 Å². The Morgan fingerprint density at radius 3 is 2.69 bits per heavy atom. The lowest BCUT2D eigenvalue weighted by atomic mass is 10.3. The van der Waals surface area contributed by atoms with Gasteiger partial charge < -0.3 is 9.68 Å². The minimum Gasteiger partial charge on any atom is -0.536 e. The third-order valence-corrected chi connectivity index (χ3v) is 1.82. The highest BCUT2D eigenvalue weighted by molar-refractivity contribution is 6.17. The molecule has 0 atom stereocenters. The molecule has 0 aliphatic heterocycles. The molecule has 0 aromatic carbocycles. The minimum atomic E-state index is -4.60. The zero-order chi connectivity index (χ0) is 11.8. The zero-order valence-electron chi connectivity index (χ0n) is 7.64. The maximum atomic E-state index is 12.4. The summed E-state index contributed by atoms with van der Waals surface area (Å²) in [6, 6.07) is 2.65. The molecule has 0 saturated carbocycles. The molecule has 0 saturated heterocycles. The molecule has 0 fully saturated rings. The van der Waals surface area contributed by atoms with Crippen LogP contribution in [0.3, 0.4) is 0 Å². The smallest absolute Gasteiger partial charge is 0.536 e. The maximum Gasteiger partial charge on any atom is 0.569 e. The van der Waals surface area contributed by atoms with Gasteiger partial charge in [-0.15, -0.1) is 10.2 Å². The van der Waals surface area contributed by atoms with E-state index in [1.807, 2.05) is 0 Å². The van der Waals surface area contributed by atoms with Gasteiger partial charge in [0.05, 0.1) is 6.20 Å². The molecule has 0 aliphatic rings. The first kappa shape index (κ1) is 10.7. The second kappa shape index (κ2) is 3.67. The highest BCUT2D eigenvalue weighted by Crippen LogP contribution is 2.28. The first-order valence-corrected chi connectivity index (χ1v) is 4.07. The van der Waals surface area contributed by atoms with Crippen LogP contribution in [0.5, 0.6) is 5.75 Å². The molecular weight excluding hydrogens is 226 g/mol. The fourth-order valence-electron chi connectivity index (χ4n) is 1.20. The van der Waals surface area contributed by atoms with Crippen LogP contribution in [-0.2, 0) is 6.18 Å². The van der Waals surface area contributed by atoms with Crippen LogP contribution >= 0.6 is 0 Å². The van der Waals surface area contributed by atoms with Crippen LogP contribution in [-0.4, -0.2) is 27.3 Å². The van der Waals surface area contributed by atoms with Crippen molar-refractivity contribution in [3.05, 3.63) is 24.2 Å². The molecule has 0 amide bonds. The number of hydrogen-bond acceptors (Lipinski definition) is 4. The molecule has 9 heteroatoms. The summed E-state index contributed by atoms with van der Waals surface area (Å²) in [5.74, 6) is -1.11. The third-order valence-electron chi connectivity index (χ3n) is 1.82. The molecule has 0 bridgehead atoms. The summed E-state index contributed by atoms with van der Waals surface area (Å²) >= 11 is 0. The van der Waals surface area contributed by atoms with Gasteiger partial charge in [0.15, 0.2) is 5.65 Å². The van der Waals surface area contributed by atoms with E-state index in [-0.39, 0.29) is 11.4 Å². The van der Waals surface area contributed by atoms with Gasteiger partial charge in [0.25, 0.3) is 0 Å². The summed E-state index contributed by atoms with van der Waals surface area (Å²) in [5.41, 5.74) is 0.0395. The summed E-state index contributed by atoms with van der Waals surface area (Å²) in [6.07, 6.45) is -3.56. The standard InChI is InChI=1S/C7H4BF3N3O2/c9-7(10,11)6-13-12-5-2-1-4(16-8-15)3-14(5)6/h1-3,15H. The molecule has 0 spiro atoms. The second-order valence-electron chi connectivity index (χ2n) is 2.84. The van der Waals surface area contributed by atoms with Crippen molar-refractivity contribution in [1.82, 2.24) is 14.6 Å². The monoisotopic (exact) mass is 230 g/mol. The summed E-state index contributed by atoms with van der Waals surface area (Å²) in [5, 5.41) is 14.7. The number of fused-ring (bicyclic) bond motifs is 1. The average Bonchev–Trinajstić information content (AvgIpc) is 2.60. The van der Waals surface area contributed by atoms with Crippen LogP contribution in [0.4, 0.5) is 13.2 Å². The summed E-state index contributed by atoms with van der Waals surface area (Å²) in [6.45, 7) is 0. The number of rotatable bonds is 2. The van der Waals surface area contributed by atoms with Crippen LogP contribution in [0.25, 0.3) is 5.65 Å². The number of nitrogens with zero attached hydrogens (tertiary/aromatic N) is 3. The summed E-state index contributed by atoms with van der Waals surface area (Å²) in [7, 11) is 0.374. The van der Waals surface area contributed by atoms with E-state index in [9.17, 15) is 13.2 Å². The Balaban J connectivity index is 2.56. The molecule has 2 aromatic heterocycles. The Labute approximate surface area is 87.8 Å². The normalized spacial score (nSPS) is 11.8. The summed E-state index contributed by atoms with van der Waals surface area (Å²) < 4.78 is 42.6. The van der Waals surface area contributed by atoms with Crippen molar-refractivity contribution in [2.75, 3.05) is 0 Å². The Kier molecular flexibility index (Phi) is 2.46. The van der Waals surface area contributed by atoms with Gasteiger partial charge in [-0.3, -0.25) is 4.40 Å². The lowest BCUT2D eigenvalue weighted by Gasteiger charge is -2.05. The Morgan fingerprint density at radius 1 is 1.31 bits per heavy atom. The van der Waals surface area contributed by atoms with Gasteiger partial charge in [0.1, 0.15) is 5.75 Å². The zero-order valence-corrected chi connectivity index (χ0v) is 7.64. The van der Waals surface area contributed by atoms with Gasteiger partial charge >= 0.3 is 13.9 Å². The topological polar surface area (TPSA) is 59.7 Å². The lowest BCUT2D eigenvalue weighted by Crippen LogP contribution is -2.11. The average molecular weight is 230 g/mol. The maximum absolute atomic E-state index is 12.4. The lowest BCUT2D eigenvalue weighted by molar-refractivity contribution is -0.145. The Morgan fingerprint density at radius 2 is 2.06 bits per heavy atom. The van der Waals surface area contributed by atoms with E-state index in [1.54, 1.807) is 0 Å². The van der Waals surface area contributed by atoms with Crippen molar-refractivity contribution in [3.63, 3.8) is 0 Å². The van der Waals surface area contributed by atoms with E-state index in [0.717, 1.165) is 10.6 Å². The van der Waals surface area contributed by atoms with E-state index in [0.29, 0.717) is 7.69 Å². The van der Waals surface area contributed by atoms with Crippen molar-refractivity contribution in [3.8, 4) is 5.75 Å². The number of halogens is 3. The number of aromatic nitrogens is 3.